The van der Waals surface area contributed by atoms with Crippen molar-refractivity contribution in [2.24, 2.45) is 0 Å². The van der Waals surface area contributed by atoms with Crippen molar-refractivity contribution in [2.45, 2.75) is 12.1 Å². The summed E-state index contributed by atoms with van der Waals surface area (Å²) in [7, 11) is 0. The van der Waals surface area contributed by atoms with Crippen LogP contribution < -0.4 is 5.32 Å². The van der Waals surface area contributed by atoms with E-state index in [2.05, 4.69) is 15.4 Å². The fourth-order valence-corrected chi connectivity index (χ4v) is 3.46. The van der Waals surface area contributed by atoms with Crippen LogP contribution in [0.3, 0.4) is 0 Å². The van der Waals surface area contributed by atoms with Crippen molar-refractivity contribution in [3.63, 3.8) is 0 Å². The summed E-state index contributed by atoms with van der Waals surface area (Å²) >= 11 is 0. The second kappa shape index (κ2) is 9.07. The predicted octanol–water partition coefficient (Wildman–Crippen LogP) is 3.43. The minimum absolute atomic E-state index is 0.159. The van der Waals surface area contributed by atoms with Gasteiger partial charge in [-0.15, -0.1) is 0 Å². The molecule has 1 atom stereocenters. The summed E-state index contributed by atoms with van der Waals surface area (Å²) in [6.07, 6.45) is 5.61. The van der Waals surface area contributed by atoms with E-state index < -0.39 is 23.1 Å². The maximum atomic E-state index is 14.4. The van der Waals surface area contributed by atoms with Gasteiger partial charge in [-0.25, -0.2) is 18.4 Å². The molecule has 1 unspecified atom stereocenters. The number of fused-ring (bicyclic) bond motifs is 1. The van der Waals surface area contributed by atoms with Crippen molar-refractivity contribution in [1.29, 1.82) is 0 Å². The largest absolute Gasteiger partial charge is 0.381 e. The first kappa shape index (κ1) is 21.3. The van der Waals surface area contributed by atoms with Crippen LogP contribution >= 0.6 is 0 Å². The molecule has 0 bridgehead atoms. The Morgan fingerprint density at radius 2 is 1.91 bits per heavy atom. The summed E-state index contributed by atoms with van der Waals surface area (Å²) in [4.78, 5) is 16.2. The molecule has 32 heavy (non-hydrogen) atoms. The number of nitrogens with one attached hydrogen (secondary N) is 1. The Bertz CT molecular complexity index is 1270. The number of carbonyl (C=O) groups is 1. The lowest BCUT2D eigenvalue weighted by Crippen LogP contribution is -2.44. The van der Waals surface area contributed by atoms with E-state index >= 15 is 0 Å². The number of hydrogen-bond donors (Lipinski definition) is 2. The Labute approximate surface area is 182 Å². The molecule has 0 radical (unpaired) electrons. The lowest BCUT2D eigenvalue weighted by Gasteiger charge is -2.29. The number of benzene rings is 3. The third-order valence-electron chi connectivity index (χ3n) is 5.08. The Balaban J connectivity index is 1.50. The molecule has 0 aliphatic rings. The van der Waals surface area contributed by atoms with Crippen LogP contribution in [0.2, 0.25) is 0 Å². The van der Waals surface area contributed by atoms with Gasteiger partial charge in [0.05, 0.1) is 13.1 Å². The highest BCUT2D eigenvalue weighted by Gasteiger charge is 2.34. The van der Waals surface area contributed by atoms with Crippen LogP contribution in [0.4, 0.5) is 8.78 Å². The Kier molecular flexibility index (Phi) is 6.04. The van der Waals surface area contributed by atoms with Gasteiger partial charge < -0.3 is 10.4 Å². The number of aliphatic hydroxyl groups is 1. The number of nitrogens with zero attached hydrogens (tertiary/aromatic N) is 3. The highest BCUT2D eigenvalue weighted by atomic mass is 19.1. The van der Waals surface area contributed by atoms with Gasteiger partial charge >= 0.3 is 0 Å². The highest BCUT2D eigenvalue weighted by molar-refractivity contribution is 5.93. The van der Waals surface area contributed by atoms with E-state index in [1.165, 1.54) is 23.4 Å². The van der Waals surface area contributed by atoms with Crippen LogP contribution in [0.5, 0.6) is 0 Å². The van der Waals surface area contributed by atoms with Crippen molar-refractivity contribution >= 4 is 22.8 Å². The molecule has 0 saturated carbocycles. The first-order valence-corrected chi connectivity index (χ1v) is 9.88. The van der Waals surface area contributed by atoms with E-state index in [1.807, 2.05) is 42.5 Å². The van der Waals surface area contributed by atoms with Gasteiger partial charge in [-0.05, 0) is 34.5 Å². The van der Waals surface area contributed by atoms with E-state index in [-0.39, 0.29) is 18.7 Å². The lowest BCUT2D eigenvalue weighted by atomic mass is 9.92. The minimum Gasteiger partial charge on any atom is -0.381 e. The fraction of sp³-hybridized carbons (Fsp3) is 0.125. The first-order chi connectivity index (χ1) is 15.4. The SMILES string of the molecule is O=C(C=Cc1ccc2ccccc2c1)NCC(O)(Cn1cncn1)c1ccc(F)cc1F. The number of hydrogen-bond acceptors (Lipinski definition) is 4. The second-order valence-electron chi connectivity index (χ2n) is 7.41. The Hall–Kier alpha value is -3.91. The van der Waals surface area contributed by atoms with Crippen LogP contribution in [0.1, 0.15) is 11.1 Å². The van der Waals surface area contributed by atoms with Crippen molar-refractivity contribution in [1.82, 2.24) is 20.1 Å². The van der Waals surface area contributed by atoms with Crippen LogP contribution in [0.25, 0.3) is 16.8 Å². The molecule has 1 amide bonds. The van der Waals surface area contributed by atoms with Gasteiger partial charge in [0.1, 0.15) is 29.9 Å². The highest BCUT2D eigenvalue weighted by Crippen LogP contribution is 2.26. The molecule has 6 nitrogen and oxygen atoms in total. The number of halogens is 2. The maximum Gasteiger partial charge on any atom is 0.244 e. The Morgan fingerprint density at radius 3 is 2.66 bits per heavy atom. The van der Waals surface area contributed by atoms with Crippen molar-refractivity contribution in [3.05, 3.63) is 102 Å². The molecule has 0 aliphatic heterocycles. The standard InChI is InChI=1S/C24H20F2N4O2/c25-20-8-9-21(22(26)12-20)24(32,14-30-16-27-15-29-30)13-28-23(31)10-6-17-5-7-18-3-1-2-4-19(18)11-17/h1-12,15-16,32H,13-14H2,(H,28,31). The van der Waals surface area contributed by atoms with Crippen molar-refractivity contribution in [3.8, 4) is 0 Å². The summed E-state index contributed by atoms with van der Waals surface area (Å²) in [6, 6.07) is 16.6. The first-order valence-electron chi connectivity index (χ1n) is 9.88. The van der Waals surface area contributed by atoms with E-state index in [1.54, 1.807) is 6.08 Å². The van der Waals surface area contributed by atoms with E-state index in [0.717, 1.165) is 28.5 Å². The molecular weight excluding hydrogens is 414 g/mol. The fourth-order valence-electron chi connectivity index (χ4n) is 3.46. The number of rotatable bonds is 7. The third kappa shape index (κ3) is 4.87. The molecule has 3 aromatic carbocycles. The lowest BCUT2D eigenvalue weighted by molar-refractivity contribution is -0.118. The van der Waals surface area contributed by atoms with E-state index in [4.69, 9.17) is 0 Å². The van der Waals surface area contributed by atoms with Crippen LogP contribution in [0, 0.1) is 11.6 Å². The third-order valence-corrected chi connectivity index (χ3v) is 5.08. The van der Waals surface area contributed by atoms with Crippen molar-refractivity contribution in [2.75, 3.05) is 6.54 Å². The van der Waals surface area contributed by atoms with Gasteiger partial charge in [0.2, 0.25) is 5.91 Å². The van der Waals surface area contributed by atoms with Gasteiger partial charge in [0.25, 0.3) is 0 Å². The zero-order valence-electron chi connectivity index (χ0n) is 17.0. The average Bonchev–Trinajstić information content (AvgIpc) is 3.28. The molecule has 4 aromatic rings. The van der Waals surface area contributed by atoms with Crippen LogP contribution in [-0.4, -0.2) is 32.3 Å². The molecule has 4 rings (SSSR count). The summed E-state index contributed by atoms with van der Waals surface area (Å²) in [6.45, 7) is -0.513. The molecule has 162 valence electrons. The molecule has 1 heterocycles. The number of carbonyl (C=O) groups excluding carboxylic acids is 1. The number of aromatic nitrogens is 3. The summed E-state index contributed by atoms with van der Waals surface area (Å²) in [5.41, 5.74) is -1.20. The smallest absolute Gasteiger partial charge is 0.244 e. The zero-order valence-corrected chi connectivity index (χ0v) is 17.0. The van der Waals surface area contributed by atoms with Gasteiger partial charge in [-0.3, -0.25) is 4.79 Å². The van der Waals surface area contributed by atoms with Gasteiger partial charge in [-0.1, -0.05) is 42.5 Å². The monoisotopic (exact) mass is 434 g/mol. The topological polar surface area (TPSA) is 80.0 Å². The summed E-state index contributed by atoms with van der Waals surface area (Å²) in [5, 5.41) is 19.8. The number of amides is 1. The average molecular weight is 434 g/mol. The van der Waals surface area contributed by atoms with Gasteiger partial charge in [-0.2, -0.15) is 5.10 Å². The van der Waals surface area contributed by atoms with Crippen LogP contribution in [0.15, 0.2) is 79.4 Å². The molecule has 1 aromatic heterocycles. The van der Waals surface area contributed by atoms with Gasteiger partial charge in [0, 0.05) is 17.7 Å². The molecular formula is C24H20F2N4O2. The molecule has 0 aliphatic carbocycles. The van der Waals surface area contributed by atoms with Gasteiger partial charge in [0.15, 0.2) is 0 Å². The zero-order chi connectivity index (χ0) is 22.6. The van der Waals surface area contributed by atoms with E-state index in [9.17, 15) is 18.7 Å². The predicted molar refractivity (Wildman–Crippen MR) is 116 cm³/mol. The molecule has 8 heteroatoms. The molecule has 0 spiro atoms. The molecule has 0 saturated heterocycles. The summed E-state index contributed by atoms with van der Waals surface area (Å²) < 4.78 is 29.1. The quantitative estimate of drug-likeness (QED) is 0.437. The van der Waals surface area contributed by atoms with Crippen molar-refractivity contribution < 1.29 is 18.7 Å². The normalized spacial score (nSPS) is 13.3. The molecule has 2 N–H and O–H groups in total. The van der Waals surface area contributed by atoms with Crippen LogP contribution in [-0.2, 0) is 16.9 Å². The second-order valence-corrected chi connectivity index (χ2v) is 7.41. The minimum atomic E-state index is -1.88. The molecule has 0 fully saturated rings. The van der Waals surface area contributed by atoms with E-state index in [0.29, 0.717) is 6.07 Å². The summed E-state index contributed by atoms with van der Waals surface area (Å²) in [5.74, 6) is -2.16. The maximum absolute atomic E-state index is 14.4. The Morgan fingerprint density at radius 1 is 1.09 bits per heavy atom.